The van der Waals surface area contributed by atoms with E-state index in [1.54, 1.807) is 10.00 Å². The van der Waals surface area contributed by atoms with E-state index in [4.69, 9.17) is 0 Å². The third-order valence-corrected chi connectivity index (χ3v) is 6.30. The predicted octanol–water partition coefficient (Wildman–Crippen LogP) is 1.48. The number of alkyl halides is 6. The molecule has 0 bridgehead atoms. The summed E-state index contributed by atoms with van der Waals surface area (Å²) in [5.74, 6) is -2.10. The van der Waals surface area contributed by atoms with Crippen LogP contribution in [0.3, 0.4) is 0 Å². The minimum atomic E-state index is -4.90. The van der Waals surface area contributed by atoms with Crippen molar-refractivity contribution in [3.8, 4) is 0 Å². The molecular weight excluding hydrogens is 512 g/mol. The second kappa shape index (κ2) is 9.63. The number of anilines is 1. The third kappa shape index (κ3) is 5.36. The van der Waals surface area contributed by atoms with Crippen LogP contribution in [0.1, 0.15) is 41.6 Å². The van der Waals surface area contributed by atoms with E-state index in [0.29, 0.717) is 12.4 Å². The summed E-state index contributed by atoms with van der Waals surface area (Å²) in [7, 11) is 0. The first-order valence-corrected chi connectivity index (χ1v) is 11.2. The van der Waals surface area contributed by atoms with Crippen LogP contribution in [-0.4, -0.2) is 69.1 Å². The van der Waals surface area contributed by atoms with E-state index in [-0.39, 0.29) is 56.2 Å². The number of aromatic amines is 1. The molecule has 16 heteroatoms. The van der Waals surface area contributed by atoms with Crippen LogP contribution < -0.4 is 15.8 Å². The average Bonchev–Trinajstić information content (AvgIpc) is 3.26. The third-order valence-electron chi connectivity index (χ3n) is 6.30. The van der Waals surface area contributed by atoms with Gasteiger partial charge in [-0.1, -0.05) is 0 Å². The highest BCUT2D eigenvalue weighted by Gasteiger charge is 2.43. The van der Waals surface area contributed by atoms with Crippen molar-refractivity contribution in [1.82, 2.24) is 30.4 Å². The minimum absolute atomic E-state index is 0.00124. The van der Waals surface area contributed by atoms with Crippen molar-refractivity contribution in [3.63, 3.8) is 0 Å². The second-order valence-corrected chi connectivity index (χ2v) is 8.69. The van der Waals surface area contributed by atoms with Crippen molar-refractivity contribution in [1.29, 1.82) is 0 Å². The Balaban J connectivity index is 1.35. The summed E-state index contributed by atoms with van der Waals surface area (Å²) in [6.45, 7) is 2.29. The lowest BCUT2D eigenvalue weighted by molar-refractivity contribution is -0.139. The molecule has 2 aliphatic rings. The zero-order valence-corrected chi connectivity index (χ0v) is 19.3. The number of amides is 2. The number of hydrogen-bond donors (Lipinski definition) is 2. The van der Waals surface area contributed by atoms with E-state index in [1.165, 1.54) is 11.8 Å². The Hall–Kier alpha value is -3.72. The van der Waals surface area contributed by atoms with E-state index in [9.17, 15) is 40.7 Å². The largest absolute Gasteiger partial charge is 0.422 e. The molecule has 4 rings (SSSR count). The van der Waals surface area contributed by atoms with Crippen molar-refractivity contribution in [2.45, 2.75) is 44.1 Å². The van der Waals surface area contributed by atoms with E-state index >= 15 is 0 Å². The standard InChI is InChI=1S/C21H21F6N7O3/c1-10(30-16(35)13-3-2-12-14(21(25,26)27)17(36)32-31-15(12)13)18(37)33-4-6-34(7-5-33)19-28-8-11(9-29-19)20(22,23)24/h8-10,13H,2-7H2,1H3,(H,30,35)(H,32,36)/t10-,13?/m1/s1. The quantitative estimate of drug-likeness (QED) is 0.571. The molecule has 1 aliphatic heterocycles. The van der Waals surface area contributed by atoms with E-state index in [1.807, 2.05) is 0 Å². The molecule has 2 aromatic rings. The van der Waals surface area contributed by atoms with Gasteiger partial charge in [-0.05, 0) is 25.3 Å². The molecule has 1 unspecified atom stereocenters. The molecule has 0 radical (unpaired) electrons. The van der Waals surface area contributed by atoms with Crippen molar-refractivity contribution in [2.24, 2.45) is 0 Å². The van der Waals surface area contributed by atoms with Crippen LogP contribution in [0, 0.1) is 0 Å². The van der Waals surface area contributed by atoms with Crippen LogP contribution in [0.5, 0.6) is 0 Å². The fraction of sp³-hybridized carbons (Fsp3) is 0.524. The fourth-order valence-electron chi connectivity index (χ4n) is 4.43. The van der Waals surface area contributed by atoms with Crippen LogP contribution in [-0.2, 0) is 28.4 Å². The van der Waals surface area contributed by atoms with E-state index in [0.717, 1.165) is 0 Å². The number of nitrogens with zero attached hydrogens (tertiary/aromatic N) is 5. The Labute approximate surface area is 205 Å². The lowest BCUT2D eigenvalue weighted by Crippen LogP contribution is -2.54. The number of carbonyl (C=O) groups is 2. The molecule has 200 valence electrons. The van der Waals surface area contributed by atoms with Crippen LogP contribution in [0.4, 0.5) is 32.3 Å². The second-order valence-electron chi connectivity index (χ2n) is 8.69. The monoisotopic (exact) mass is 533 g/mol. The molecule has 1 aliphatic carbocycles. The molecule has 10 nitrogen and oxygen atoms in total. The van der Waals surface area contributed by atoms with Gasteiger partial charge < -0.3 is 15.1 Å². The van der Waals surface area contributed by atoms with Crippen LogP contribution >= 0.6 is 0 Å². The molecule has 2 amide bonds. The van der Waals surface area contributed by atoms with Gasteiger partial charge in [-0.2, -0.15) is 31.4 Å². The smallest absolute Gasteiger partial charge is 0.344 e. The molecule has 2 atom stereocenters. The maximum absolute atomic E-state index is 13.3. The van der Waals surface area contributed by atoms with Gasteiger partial charge in [0.05, 0.1) is 17.2 Å². The van der Waals surface area contributed by atoms with Gasteiger partial charge >= 0.3 is 12.4 Å². The molecule has 2 N–H and O–H groups in total. The van der Waals surface area contributed by atoms with Gasteiger partial charge in [0.2, 0.25) is 17.8 Å². The first kappa shape index (κ1) is 26.3. The lowest BCUT2D eigenvalue weighted by Gasteiger charge is -2.36. The maximum Gasteiger partial charge on any atom is 0.422 e. The highest BCUT2D eigenvalue weighted by atomic mass is 19.4. The van der Waals surface area contributed by atoms with E-state index < -0.39 is 52.8 Å². The van der Waals surface area contributed by atoms with Crippen LogP contribution in [0.15, 0.2) is 17.2 Å². The normalized spacial score (nSPS) is 18.9. The number of halogens is 6. The van der Waals surface area contributed by atoms with Gasteiger partial charge in [0.1, 0.15) is 11.6 Å². The first-order chi connectivity index (χ1) is 17.3. The minimum Gasteiger partial charge on any atom is -0.344 e. The molecule has 0 aromatic carbocycles. The summed E-state index contributed by atoms with van der Waals surface area (Å²) in [6.07, 6.45) is -8.25. The number of rotatable bonds is 4. The number of nitrogens with one attached hydrogen (secondary N) is 2. The number of piperazine rings is 1. The van der Waals surface area contributed by atoms with Gasteiger partial charge in [-0.15, -0.1) is 0 Å². The summed E-state index contributed by atoms with van der Waals surface area (Å²) in [5.41, 5.74) is -4.22. The molecular formula is C21H21F6N7O3. The number of aromatic nitrogens is 4. The summed E-state index contributed by atoms with van der Waals surface area (Å²) in [5, 5.41) is 7.96. The zero-order valence-electron chi connectivity index (χ0n) is 19.3. The Bertz CT molecular complexity index is 1240. The molecule has 1 saturated heterocycles. The predicted molar refractivity (Wildman–Crippen MR) is 114 cm³/mol. The summed E-state index contributed by atoms with van der Waals surface area (Å²) in [6, 6.07) is -1.00. The van der Waals surface area contributed by atoms with Gasteiger partial charge in [-0.25, -0.2) is 15.1 Å². The van der Waals surface area contributed by atoms with E-state index in [2.05, 4.69) is 20.4 Å². The summed E-state index contributed by atoms with van der Waals surface area (Å²) in [4.78, 5) is 47.8. The number of carbonyl (C=O) groups excluding carboxylic acids is 2. The number of hydrogen-bond acceptors (Lipinski definition) is 7. The van der Waals surface area contributed by atoms with Gasteiger partial charge in [-0.3, -0.25) is 14.4 Å². The van der Waals surface area contributed by atoms with Gasteiger partial charge in [0.15, 0.2) is 0 Å². The average molecular weight is 533 g/mol. The lowest BCUT2D eigenvalue weighted by atomic mass is 10.0. The SMILES string of the molecule is C[C@@H](NC(=O)C1CCc2c1n[nH]c(=O)c2C(F)(F)F)C(=O)N1CCN(c2ncc(C(F)(F)F)cn2)CC1. The molecule has 37 heavy (non-hydrogen) atoms. The molecule has 3 heterocycles. The Morgan fingerprint density at radius 2 is 1.68 bits per heavy atom. The maximum atomic E-state index is 13.3. The number of H-pyrrole nitrogens is 1. The van der Waals surface area contributed by atoms with Crippen molar-refractivity contribution >= 4 is 17.8 Å². The van der Waals surface area contributed by atoms with Crippen molar-refractivity contribution < 1.29 is 35.9 Å². The Morgan fingerprint density at radius 3 is 2.24 bits per heavy atom. The first-order valence-electron chi connectivity index (χ1n) is 11.2. The zero-order chi connectivity index (χ0) is 27.1. The summed E-state index contributed by atoms with van der Waals surface area (Å²) < 4.78 is 78.0. The van der Waals surface area contributed by atoms with Gasteiger partial charge in [0.25, 0.3) is 5.56 Å². The van der Waals surface area contributed by atoms with Crippen molar-refractivity contribution in [3.05, 3.63) is 45.1 Å². The summed E-state index contributed by atoms with van der Waals surface area (Å²) >= 11 is 0. The Morgan fingerprint density at radius 1 is 1.05 bits per heavy atom. The Kier molecular flexibility index (Phi) is 6.85. The molecule has 2 aromatic heterocycles. The molecule has 0 spiro atoms. The highest BCUT2D eigenvalue weighted by Crippen LogP contribution is 2.38. The highest BCUT2D eigenvalue weighted by molar-refractivity contribution is 5.90. The molecule has 0 saturated carbocycles. The topological polar surface area (TPSA) is 124 Å². The van der Waals surface area contributed by atoms with Crippen LogP contribution in [0.2, 0.25) is 0 Å². The van der Waals surface area contributed by atoms with Crippen LogP contribution in [0.25, 0.3) is 0 Å². The van der Waals surface area contributed by atoms with Gasteiger partial charge in [0, 0.05) is 38.6 Å². The fourth-order valence-corrected chi connectivity index (χ4v) is 4.43. The van der Waals surface area contributed by atoms with Crippen molar-refractivity contribution in [2.75, 3.05) is 31.1 Å². The molecule has 1 fully saturated rings. The number of fused-ring (bicyclic) bond motifs is 1.